The summed E-state index contributed by atoms with van der Waals surface area (Å²) in [6.45, 7) is 6.65. The van der Waals surface area contributed by atoms with Crippen molar-refractivity contribution in [1.82, 2.24) is 0 Å². The van der Waals surface area contributed by atoms with Crippen molar-refractivity contribution in [1.29, 1.82) is 0 Å². The van der Waals surface area contributed by atoms with Gasteiger partial charge in [-0.2, -0.15) is 0 Å². The van der Waals surface area contributed by atoms with E-state index in [0.717, 1.165) is 5.56 Å². The first-order chi connectivity index (χ1) is 5.29. The number of hydrogen-bond donors (Lipinski definition) is 0. The Balaban J connectivity index is 2.45. The summed E-state index contributed by atoms with van der Waals surface area (Å²) in [6.07, 6.45) is 0. The van der Waals surface area contributed by atoms with Crippen LogP contribution in [0.4, 0.5) is 0 Å². The third-order valence-electron chi connectivity index (χ3n) is 1.21. The summed E-state index contributed by atoms with van der Waals surface area (Å²) in [5.41, 5.74) is 0.896. The maximum Gasteiger partial charge on any atom is 0.316 e. The SMILES string of the molecule is [C]C(=O)OCc1ccccc1. The van der Waals surface area contributed by atoms with E-state index in [-0.39, 0.29) is 6.61 Å². The Bertz CT molecular complexity index is 229. The lowest BCUT2D eigenvalue weighted by molar-refractivity contribution is -0.139. The molecular formula is C9H7O2. The second-order valence-corrected chi connectivity index (χ2v) is 2.06. The molecule has 0 atom stereocenters. The third kappa shape index (κ3) is 2.85. The van der Waals surface area contributed by atoms with Crippen molar-refractivity contribution in [3.8, 4) is 0 Å². The van der Waals surface area contributed by atoms with E-state index in [0.29, 0.717) is 0 Å². The largest absolute Gasteiger partial charge is 0.460 e. The van der Waals surface area contributed by atoms with E-state index in [9.17, 15) is 4.79 Å². The molecule has 0 heterocycles. The fourth-order valence-corrected chi connectivity index (χ4v) is 0.723. The molecule has 0 bridgehead atoms. The van der Waals surface area contributed by atoms with E-state index in [1.807, 2.05) is 30.3 Å². The quantitative estimate of drug-likeness (QED) is 0.589. The Labute approximate surface area is 65.8 Å². The van der Waals surface area contributed by atoms with Crippen molar-refractivity contribution in [3.63, 3.8) is 0 Å². The van der Waals surface area contributed by atoms with Crippen LogP contribution in [0.15, 0.2) is 30.3 Å². The van der Waals surface area contributed by atoms with Gasteiger partial charge in [0.1, 0.15) is 13.5 Å². The number of ether oxygens (including phenoxy) is 1. The van der Waals surface area contributed by atoms with E-state index in [1.165, 1.54) is 0 Å². The Morgan fingerprint density at radius 3 is 2.55 bits per heavy atom. The lowest BCUT2D eigenvalue weighted by Crippen LogP contribution is -1.98. The van der Waals surface area contributed by atoms with E-state index >= 15 is 0 Å². The molecule has 11 heavy (non-hydrogen) atoms. The van der Waals surface area contributed by atoms with E-state index in [4.69, 9.17) is 6.92 Å². The van der Waals surface area contributed by atoms with Gasteiger partial charge in [0.15, 0.2) is 0 Å². The Kier molecular flexibility index (Phi) is 2.66. The lowest BCUT2D eigenvalue weighted by Gasteiger charge is -1.99. The fourth-order valence-electron chi connectivity index (χ4n) is 0.723. The number of rotatable bonds is 2. The van der Waals surface area contributed by atoms with Crippen molar-refractivity contribution in [2.24, 2.45) is 0 Å². The molecule has 0 N–H and O–H groups in total. The minimum atomic E-state index is -0.992. The van der Waals surface area contributed by atoms with Crippen LogP contribution in [-0.4, -0.2) is 5.97 Å². The topological polar surface area (TPSA) is 26.3 Å². The summed E-state index contributed by atoms with van der Waals surface area (Å²) in [4.78, 5) is 10.1. The van der Waals surface area contributed by atoms with Crippen LogP contribution < -0.4 is 0 Å². The van der Waals surface area contributed by atoms with Crippen LogP contribution in [0.25, 0.3) is 0 Å². The highest BCUT2D eigenvalue weighted by molar-refractivity contribution is 5.73. The first-order valence-corrected chi connectivity index (χ1v) is 3.21. The van der Waals surface area contributed by atoms with E-state index < -0.39 is 5.97 Å². The average Bonchev–Trinajstić information content (AvgIpc) is 2.03. The number of carbonyl (C=O) groups is 1. The normalized spacial score (nSPS) is 9.18. The molecule has 0 aliphatic rings. The molecule has 0 aliphatic carbocycles. The van der Waals surface area contributed by atoms with Gasteiger partial charge in [0, 0.05) is 0 Å². The third-order valence-corrected chi connectivity index (χ3v) is 1.21. The van der Waals surface area contributed by atoms with Crippen molar-refractivity contribution < 1.29 is 9.53 Å². The molecule has 2 heteroatoms. The molecule has 0 fully saturated rings. The minimum absolute atomic E-state index is 0.184. The van der Waals surface area contributed by atoms with Crippen LogP contribution in [0, 0.1) is 6.92 Å². The van der Waals surface area contributed by atoms with Crippen molar-refractivity contribution in [3.05, 3.63) is 42.8 Å². The van der Waals surface area contributed by atoms with Crippen LogP contribution in [0.2, 0.25) is 0 Å². The standard InChI is InChI=1S/C9H7O2/c1-8(10)11-7-9-5-3-2-4-6-9/h2-6H,7H2. The molecule has 1 aromatic carbocycles. The highest BCUT2D eigenvalue weighted by atomic mass is 16.5. The van der Waals surface area contributed by atoms with Gasteiger partial charge in [-0.3, -0.25) is 4.79 Å². The summed E-state index contributed by atoms with van der Waals surface area (Å²) in [7, 11) is 0. The van der Waals surface area contributed by atoms with Crippen molar-refractivity contribution >= 4 is 5.97 Å². The van der Waals surface area contributed by atoms with Crippen LogP contribution in [0.5, 0.6) is 0 Å². The van der Waals surface area contributed by atoms with Gasteiger partial charge in [-0.15, -0.1) is 0 Å². The van der Waals surface area contributed by atoms with Crippen LogP contribution >= 0.6 is 0 Å². The van der Waals surface area contributed by atoms with Gasteiger partial charge in [0.2, 0.25) is 0 Å². The highest BCUT2D eigenvalue weighted by Crippen LogP contribution is 1.99. The second-order valence-electron chi connectivity index (χ2n) is 2.06. The van der Waals surface area contributed by atoms with Crippen LogP contribution in [0.1, 0.15) is 5.56 Å². The number of benzene rings is 1. The molecule has 0 saturated heterocycles. The van der Waals surface area contributed by atoms with Crippen LogP contribution in [-0.2, 0) is 16.1 Å². The molecule has 3 radical (unpaired) electrons. The molecule has 0 spiro atoms. The predicted molar refractivity (Wildman–Crippen MR) is 39.5 cm³/mol. The summed E-state index contributed by atoms with van der Waals surface area (Å²) >= 11 is 0. The zero-order valence-electron chi connectivity index (χ0n) is 5.91. The molecule has 0 amide bonds. The van der Waals surface area contributed by atoms with Gasteiger partial charge >= 0.3 is 5.97 Å². The number of esters is 1. The Morgan fingerprint density at radius 2 is 2.00 bits per heavy atom. The van der Waals surface area contributed by atoms with E-state index in [2.05, 4.69) is 4.74 Å². The first-order valence-electron chi connectivity index (χ1n) is 3.21. The molecule has 0 aliphatic heterocycles. The summed E-state index contributed by atoms with van der Waals surface area (Å²) in [5.74, 6) is -0.992. The van der Waals surface area contributed by atoms with Crippen molar-refractivity contribution in [2.45, 2.75) is 6.61 Å². The van der Waals surface area contributed by atoms with Gasteiger partial charge in [0.05, 0.1) is 0 Å². The average molecular weight is 147 g/mol. The minimum Gasteiger partial charge on any atom is -0.460 e. The summed E-state index contributed by atoms with van der Waals surface area (Å²) in [5, 5.41) is 0. The monoisotopic (exact) mass is 147 g/mol. The molecule has 0 saturated carbocycles. The molecule has 2 nitrogen and oxygen atoms in total. The molecule has 55 valence electrons. The second kappa shape index (κ2) is 3.76. The van der Waals surface area contributed by atoms with Crippen molar-refractivity contribution in [2.75, 3.05) is 0 Å². The molecular weight excluding hydrogens is 140 g/mol. The molecule has 0 aromatic heterocycles. The Morgan fingerprint density at radius 1 is 1.36 bits per heavy atom. The smallest absolute Gasteiger partial charge is 0.316 e. The van der Waals surface area contributed by atoms with Crippen LogP contribution in [0.3, 0.4) is 0 Å². The maximum absolute atomic E-state index is 10.1. The van der Waals surface area contributed by atoms with Gasteiger partial charge in [0.25, 0.3) is 0 Å². The summed E-state index contributed by atoms with van der Waals surface area (Å²) in [6, 6.07) is 9.26. The summed E-state index contributed by atoms with van der Waals surface area (Å²) < 4.78 is 4.46. The fraction of sp³-hybridized carbons (Fsp3) is 0.111. The highest BCUT2D eigenvalue weighted by Gasteiger charge is 1.93. The maximum atomic E-state index is 10.1. The predicted octanol–water partition coefficient (Wildman–Crippen LogP) is 1.32. The molecule has 1 aromatic rings. The van der Waals surface area contributed by atoms with Gasteiger partial charge in [-0.25, -0.2) is 0 Å². The number of carbonyl (C=O) groups excluding carboxylic acids is 1. The lowest BCUT2D eigenvalue weighted by atomic mass is 10.2. The van der Waals surface area contributed by atoms with Gasteiger partial charge < -0.3 is 4.74 Å². The van der Waals surface area contributed by atoms with E-state index in [1.54, 1.807) is 0 Å². The van der Waals surface area contributed by atoms with Gasteiger partial charge in [-0.1, -0.05) is 30.3 Å². The number of hydrogen-bond acceptors (Lipinski definition) is 2. The zero-order valence-corrected chi connectivity index (χ0v) is 5.91. The zero-order chi connectivity index (χ0) is 8.10. The molecule has 1 rings (SSSR count). The Hall–Kier alpha value is -1.31. The first kappa shape index (κ1) is 7.79. The van der Waals surface area contributed by atoms with Gasteiger partial charge in [-0.05, 0) is 5.56 Å². The molecule has 0 unspecified atom stereocenters.